The number of hydrogen-bond donors (Lipinski definition) is 13. The summed E-state index contributed by atoms with van der Waals surface area (Å²) in [4.78, 5) is 25.3. The Morgan fingerprint density at radius 2 is 1.15 bits per heavy atom. The quantitative estimate of drug-likeness (QED) is 0.0263. The first-order valence-electron chi connectivity index (χ1n) is 24.1. The number of carbonyl (C=O) groups is 2. The van der Waals surface area contributed by atoms with Crippen LogP contribution in [0.1, 0.15) is 18.1 Å². The van der Waals surface area contributed by atoms with Gasteiger partial charge in [-0.1, -0.05) is 18.2 Å². The van der Waals surface area contributed by atoms with E-state index >= 15 is 0 Å². The van der Waals surface area contributed by atoms with E-state index in [0.717, 1.165) is 18.2 Å². The molecule has 3 fully saturated rings. The van der Waals surface area contributed by atoms with Gasteiger partial charge in [0.1, 0.15) is 90.3 Å². The van der Waals surface area contributed by atoms with E-state index < -0.39 is 129 Å². The standard InChI is InChI=1S/C53H56O26/c1-22-49(79-39(59)13-7-23-4-9-27(10-5-23)74-52-46(66)43(63)41(61)36(77-52)20-71-38(58)12-8-24-6-11-29(55)31(57)14-24)45(65)48(68)51(73-22)72-21-37-42(62)44(64)47(67)53(78-37)76-35-19-28-30(56)17-26(54)18-32(28)75-50(35)25-15-33(69-2)40(60)34(16-25)70-3/h4-19,22,36-37,41-49,51-53,61-68H,20-21H2,1-3H3,(H4-,54,55,56,57,58,60)/p+1. The van der Waals surface area contributed by atoms with E-state index in [-0.39, 0.29) is 62.5 Å². The number of ether oxygens (including phenoxy) is 10. The Morgan fingerprint density at radius 1 is 0.570 bits per heavy atom. The zero-order valence-corrected chi connectivity index (χ0v) is 41.9. The third-order valence-corrected chi connectivity index (χ3v) is 12.9. The second-order valence-electron chi connectivity index (χ2n) is 18.4. The first kappa shape index (κ1) is 57.6. The summed E-state index contributed by atoms with van der Waals surface area (Å²) in [5.74, 6) is -4.09. The fraction of sp³-hybridized carbons (Fsp3) is 0.377. The number of aliphatic hydroxyl groups is 8. The molecule has 8 rings (SSSR count). The highest BCUT2D eigenvalue weighted by atomic mass is 16.7. The molecule has 3 aliphatic rings. The molecule has 15 atom stereocenters. The maximum Gasteiger partial charge on any atom is 0.402 e. The van der Waals surface area contributed by atoms with Gasteiger partial charge < -0.3 is 114 Å². The second kappa shape index (κ2) is 24.6. The Kier molecular flexibility index (Phi) is 18.0. The highest BCUT2D eigenvalue weighted by molar-refractivity contribution is 5.89. The van der Waals surface area contributed by atoms with E-state index in [0.29, 0.717) is 11.1 Å². The molecule has 0 aliphatic carbocycles. The van der Waals surface area contributed by atoms with Crippen LogP contribution >= 0.6 is 0 Å². The highest BCUT2D eigenvalue weighted by Gasteiger charge is 2.50. The average Bonchev–Trinajstić information content (AvgIpc) is 3.51. The number of carbonyl (C=O) groups excluding carboxylic acids is 2. The van der Waals surface area contributed by atoms with Gasteiger partial charge in [0, 0.05) is 36.4 Å². The van der Waals surface area contributed by atoms with Gasteiger partial charge in [-0.3, -0.25) is 0 Å². The summed E-state index contributed by atoms with van der Waals surface area (Å²) >= 11 is 0. The molecule has 0 saturated carbocycles. The van der Waals surface area contributed by atoms with Crippen LogP contribution in [0.25, 0.3) is 34.4 Å². The summed E-state index contributed by atoms with van der Waals surface area (Å²) in [6, 6.07) is 15.9. The third kappa shape index (κ3) is 13.0. The van der Waals surface area contributed by atoms with Crippen LogP contribution in [0, 0.1) is 0 Å². The van der Waals surface area contributed by atoms with Gasteiger partial charge in [-0.2, -0.15) is 0 Å². The molecule has 3 saturated heterocycles. The third-order valence-electron chi connectivity index (χ3n) is 12.9. The summed E-state index contributed by atoms with van der Waals surface area (Å²) in [6.07, 6.45) is -20.2. The molecule has 0 bridgehead atoms. The number of benzene rings is 4. The lowest BCUT2D eigenvalue weighted by Crippen LogP contribution is -2.62. The van der Waals surface area contributed by atoms with Gasteiger partial charge in [-0.25, -0.2) is 14.0 Å². The predicted molar refractivity (Wildman–Crippen MR) is 266 cm³/mol. The molecule has 0 spiro atoms. The van der Waals surface area contributed by atoms with E-state index in [1.165, 1.54) is 100 Å². The van der Waals surface area contributed by atoms with Gasteiger partial charge in [0.2, 0.25) is 24.1 Å². The van der Waals surface area contributed by atoms with Gasteiger partial charge in [-0.15, -0.1) is 0 Å². The van der Waals surface area contributed by atoms with E-state index in [1.54, 1.807) is 0 Å². The lowest BCUT2D eigenvalue weighted by atomic mass is 9.98. The molecule has 79 heavy (non-hydrogen) atoms. The van der Waals surface area contributed by atoms with E-state index in [9.17, 15) is 76.0 Å². The summed E-state index contributed by atoms with van der Waals surface area (Å²) < 4.78 is 61.9. The second-order valence-corrected chi connectivity index (χ2v) is 18.4. The van der Waals surface area contributed by atoms with Gasteiger partial charge in [0.15, 0.2) is 35.4 Å². The Morgan fingerprint density at radius 3 is 1.78 bits per heavy atom. The number of methoxy groups -OCH3 is 2. The first-order valence-corrected chi connectivity index (χ1v) is 24.1. The van der Waals surface area contributed by atoms with Crippen LogP contribution in [-0.2, 0) is 38.0 Å². The van der Waals surface area contributed by atoms with Crippen LogP contribution in [-0.4, -0.2) is 198 Å². The number of aliphatic hydroxyl groups excluding tert-OH is 8. The van der Waals surface area contributed by atoms with Crippen molar-refractivity contribution in [3.05, 3.63) is 96.1 Å². The van der Waals surface area contributed by atoms with Crippen LogP contribution in [0.3, 0.4) is 0 Å². The normalized spacial score (nSPS) is 29.1. The smallest absolute Gasteiger partial charge is 0.402 e. The maximum atomic E-state index is 13.0. The number of phenolic OH excluding ortho intramolecular Hbond substituents is 5. The lowest BCUT2D eigenvalue weighted by Gasteiger charge is -2.42. The summed E-state index contributed by atoms with van der Waals surface area (Å²) in [7, 11) is 2.57. The molecule has 5 aromatic rings. The van der Waals surface area contributed by atoms with Crippen molar-refractivity contribution in [2.75, 3.05) is 27.4 Å². The van der Waals surface area contributed by atoms with Crippen LogP contribution in [0.5, 0.6) is 51.7 Å². The molecule has 15 unspecified atom stereocenters. The minimum atomic E-state index is -1.93. The van der Waals surface area contributed by atoms with Crippen LogP contribution in [0.15, 0.2) is 89.4 Å². The Hall–Kier alpha value is -7.57. The van der Waals surface area contributed by atoms with Crippen molar-refractivity contribution in [2.45, 2.75) is 99.0 Å². The molecule has 3 aliphatic heterocycles. The van der Waals surface area contributed by atoms with E-state index in [4.69, 9.17) is 51.8 Å². The minimum absolute atomic E-state index is 0.0220. The van der Waals surface area contributed by atoms with Crippen molar-refractivity contribution >= 4 is 35.1 Å². The van der Waals surface area contributed by atoms with Crippen LogP contribution in [0.4, 0.5) is 0 Å². The topological polar surface area (TPSA) is 401 Å². The van der Waals surface area contributed by atoms with Crippen molar-refractivity contribution < 1.29 is 128 Å². The largest absolute Gasteiger partial charge is 0.507 e. The zero-order chi connectivity index (χ0) is 57.0. The number of phenols is 5. The minimum Gasteiger partial charge on any atom is -0.507 e. The van der Waals surface area contributed by atoms with Gasteiger partial charge in [-0.05, 0) is 54.5 Å². The molecule has 1 aromatic heterocycles. The van der Waals surface area contributed by atoms with Crippen LogP contribution in [0.2, 0.25) is 0 Å². The molecular weight excluding hydrogens is 1050 g/mol. The van der Waals surface area contributed by atoms with Crippen molar-refractivity contribution in [1.82, 2.24) is 0 Å². The van der Waals surface area contributed by atoms with Crippen molar-refractivity contribution in [3.63, 3.8) is 0 Å². The van der Waals surface area contributed by atoms with Gasteiger partial charge in [0.05, 0.1) is 38.6 Å². The molecule has 26 heteroatoms. The molecule has 13 N–H and O–H groups in total. The van der Waals surface area contributed by atoms with Crippen molar-refractivity contribution in [2.24, 2.45) is 0 Å². The van der Waals surface area contributed by atoms with Crippen molar-refractivity contribution in [3.8, 4) is 63.1 Å². The maximum absolute atomic E-state index is 13.0. The van der Waals surface area contributed by atoms with E-state index in [1.807, 2.05) is 0 Å². The molecule has 424 valence electrons. The number of aromatic hydroxyl groups is 5. The Balaban J connectivity index is 0.848. The molecule has 0 radical (unpaired) electrons. The fourth-order valence-electron chi connectivity index (χ4n) is 8.57. The zero-order valence-electron chi connectivity index (χ0n) is 41.9. The van der Waals surface area contributed by atoms with Gasteiger partial charge >= 0.3 is 23.3 Å². The highest BCUT2D eigenvalue weighted by Crippen LogP contribution is 2.46. The summed E-state index contributed by atoms with van der Waals surface area (Å²) in [6.45, 7) is 0.205. The summed E-state index contributed by atoms with van der Waals surface area (Å²) in [5, 5.41) is 137. The monoisotopic (exact) mass is 1110 g/mol. The Labute approximate surface area is 447 Å². The number of fused-ring (bicyclic) bond motifs is 1. The number of rotatable bonds is 17. The summed E-state index contributed by atoms with van der Waals surface area (Å²) in [5.41, 5.74) is 0.915. The fourth-order valence-corrected chi connectivity index (χ4v) is 8.57. The average molecular weight is 1110 g/mol. The molecule has 4 aromatic carbocycles. The molecule has 0 amide bonds. The van der Waals surface area contributed by atoms with Crippen LogP contribution < -0.4 is 18.9 Å². The molecule has 4 heterocycles. The predicted octanol–water partition coefficient (Wildman–Crippen LogP) is 0.664. The van der Waals surface area contributed by atoms with Gasteiger partial charge in [0.25, 0.3) is 0 Å². The van der Waals surface area contributed by atoms with Crippen molar-refractivity contribution in [1.29, 1.82) is 0 Å². The SMILES string of the molecule is COc1cc(-c2[o+]c3cc(O)cc(O)c3cc2OC2OC(COC3OC(C)C(OC(=O)C=Cc4ccc(OC5OC(COC(=O)C=Cc6ccc(O)c(O)c6)C(O)C(O)C5O)cc4)C(O)C3O)C(O)C(O)C2O)cc(OC)c1O. The Bertz CT molecular complexity index is 3000. The molecular formula is C53H57O26+. The van der Waals surface area contributed by atoms with E-state index in [2.05, 4.69) is 0 Å². The molecule has 26 nitrogen and oxygen atoms in total. The number of hydrogen-bond acceptors (Lipinski definition) is 25. The number of esters is 2. The first-order chi connectivity index (χ1) is 37.6. The lowest BCUT2D eigenvalue weighted by molar-refractivity contribution is -0.319.